The summed E-state index contributed by atoms with van der Waals surface area (Å²) in [6, 6.07) is 0. The maximum absolute atomic E-state index is 13.3. The summed E-state index contributed by atoms with van der Waals surface area (Å²) in [6.45, 7) is 3.85. The highest BCUT2D eigenvalue weighted by atomic mass is 19.4. The molecule has 0 aromatic heterocycles. The molecule has 10 heteroatoms. The Labute approximate surface area is 127 Å². The van der Waals surface area contributed by atoms with E-state index in [1.807, 2.05) is 0 Å². The molecule has 0 N–H and O–H groups in total. The van der Waals surface area contributed by atoms with E-state index in [4.69, 9.17) is 0 Å². The molecule has 2 nitrogen and oxygen atoms in total. The predicted octanol–water partition coefficient (Wildman–Crippen LogP) is 5.18. The zero-order valence-electron chi connectivity index (χ0n) is 12.2. The highest BCUT2D eigenvalue weighted by Gasteiger charge is 2.65. The van der Waals surface area contributed by atoms with Crippen LogP contribution >= 0.6 is 0 Å². The fourth-order valence-corrected chi connectivity index (χ4v) is 1.46. The summed E-state index contributed by atoms with van der Waals surface area (Å²) in [7, 11) is 0. The van der Waals surface area contributed by atoms with Crippen LogP contribution < -0.4 is 0 Å². The van der Waals surface area contributed by atoms with Crippen LogP contribution in [0.4, 0.5) is 35.1 Å². The molecule has 0 fully saturated rings. The lowest BCUT2D eigenvalue weighted by atomic mass is 10.0. The Morgan fingerprint density at radius 3 is 2.00 bits per heavy atom. The maximum atomic E-state index is 13.3. The molecule has 0 aliphatic heterocycles. The van der Waals surface area contributed by atoms with Gasteiger partial charge in [0.1, 0.15) is 0 Å². The number of hydrogen-bond donors (Lipinski definition) is 0. The molecule has 0 amide bonds. The first-order valence-electron chi connectivity index (χ1n) is 6.56. The second kappa shape index (κ2) is 7.96. The first kappa shape index (κ1) is 21.6. The van der Waals surface area contributed by atoms with Crippen LogP contribution in [0, 0.1) is 0 Å². The van der Waals surface area contributed by atoms with Crippen LogP contribution in [0.15, 0.2) is 12.2 Å². The Hall–Kier alpha value is -1.35. The number of esters is 1. The minimum atomic E-state index is -5.39. The molecule has 136 valence electrons. The van der Waals surface area contributed by atoms with E-state index in [-0.39, 0.29) is 6.42 Å². The number of unbranched alkanes of at least 4 members (excludes halogenated alkanes) is 2. The zero-order valence-corrected chi connectivity index (χ0v) is 12.2. The Morgan fingerprint density at radius 2 is 1.57 bits per heavy atom. The van der Waals surface area contributed by atoms with Crippen LogP contribution in [0.1, 0.15) is 39.0 Å². The molecule has 23 heavy (non-hydrogen) atoms. The Kier molecular flexibility index (Phi) is 7.49. The summed E-state index contributed by atoms with van der Waals surface area (Å²) in [5.74, 6) is -7.12. The number of alkyl halides is 8. The van der Waals surface area contributed by atoms with Crippen molar-refractivity contribution in [3.63, 3.8) is 0 Å². The number of halogens is 8. The highest BCUT2D eigenvalue weighted by Crippen LogP contribution is 2.41. The van der Waals surface area contributed by atoms with Gasteiger partial charge in [-0.05, 0) is 19.8 Å². The maximum Gasteiger partial charge on any atom is 0.469 e. The van der Waals surface area contributed by atoms with E-state index in [0.717, 1.165) is 6.92 Å². The second-order valence-corrected chi connectivity index (χ2v) is 4.99. The largest absolute Gasteiger partial charge is 0.469 e. The van der Waals surface area contributed by atoms with Gasteiger partial charge < -0.3 is 4.74 Å². The summed E-state index contributed by atoms with van der Waals surface area (Å²) in [6.07, 6.45) is -16.6. The molecular weight excluding hydrogens is 340 g/mol. The van der Waals surface area contributed by atoms with Gasteiger partial charge in [0.15, 0.2) is 6.17 Å². The number of hydrogen-bond acceptors (Lipinski definition) is 2. The highest BCUT2D eigenvalue weighted by molar-refractivity contribution is 5.87. The Morgan fingerprint density at radius 1 is 1.04 bits per heavy atom. The third-order valence-electron chi connectivity index (χ3n) is 2.77. The lowest BCUT2D eigenvalue weighted by Crippen LogP contribution is -2.50. The molecule has 0 radical (unpaired) electrons. The SMILES string of the molecule is C=C(C)C(=O)OC(F)(F)C(F)(F)C(F)CCCCCC(F)(F)F. The van der Waals surface area contributed by atoms with E-state index in [2.05, 4.69) is 11.3 Å². The third kappa shape index (κ3) is 7.17. The minimum Gasteiger partial charge on any atom is -0.393 e. The topological polar surface area (TPSA) is 26.3 Å². The summed E-state index contributed by atoms with van der Waals surface area (Å²) < 4.78 is 105. The molecule has 0 aliphatic rings. The summed E-state index contributed by atoms with van der Waals surface area (Å²) in [4.78, 5) is 10.9. The predicted molar refractivity (Wildman–Crippen MR) is 64.8 cm³/mol. The van der Waals surface area contributed by atoms with Crippen molar-refractivity contribution in [2.24, 2.45) is 0 Å². The van der Waals surface area contributed by atoms with Crippen molar-refractivity contribution >= 4 is 5.97 Å². The number of ether oxygens (including phenoxy) is 1. The molecule has 0 saturated heterocycles. The molecule has 0 aromatic rings. The quantitative estimate of drug-likeness (QED) is 0.246. The zero-order chi connectivity index (χ0) is 18.5. The van der Waals surface area contributed by atoms with Gasteiger partial charge in [0.2, 0.25) is 0 Å². The molecular formula is C13H16F8O2. The number of rotatable bonds is 9. The monoisotopic (exact) mass is 356 g/mol. The van der Waals surface area contributed by atoms with E-state index in [9.17, 15) is 39.9 Å². The molecule has 1 unspecified atom stereocenters. The van der Waals surface area contributed by atoms with Crippen LogP contribution in [0.5, 0.6) is 0 Å². The van der Waals surface area contributed by atoms with Crippen LogP contribution in [-0.4, -0.2) is 30.3 Å². The van der Waals surface area contributed by atoms with E-state index < -0.39 is 61.6 Å². The molecule has 0 aliphatic carbocycles. The average Bonchev–Trinajstić information content (AvgIpc) is 2.35. The first-order chi connectivity index (χ1) is 10.2. The van der Waals surface area contributed by atoms with Gasteiger partial charge in [-0.25, -0.2) is 9.18 Å². The van der Waals surface area contributed by atoms with E-state index >= 15 is 0 Å². The lowest BCUT2D eigenvalue weighted by molar-refractivity contribution is -0.345. The molecule has 1 atom stereocenters. The normalized spacial score (nSPS) is 14.5. The molecule has 0 saturated carbocycles. The van der Waals surface area contributed by atoms with Crippen LogP contribution in [0.2, 0.25) is 0 Å². The van der Waals surface area contributed by atoms with E-state index in [1.165, 1.54) is 0 Å². The van der Waals surface area contributed by atoms with Crippen LogP contribution in [0.25, 0.3) is 0 Å². The van der Waals surface area contributed by atoms with Crippen molar-refractivity contribution in [1.82, 2.24) is 0 Å². The van der Waals surface area contributed by atoms with Crippen molar-refractivity contribution in [3.05, 3.63) is 12.2 Å². The smallest absolute Gasteiger partial charge is 0.393 e. The van der Waals surface area contributed by atoms with Gasteiger partial charge in [-0.2, -0.15) is 30.7 Å². The van der Waals surface area contributed by atoms with Crippen molar-refractivity contribution in [1.29, 1.82) is 0 Å². The summed E-state index contributed by atoms with van der Waals surface area (Å²) in [5, 5.41) is 0. The molecule has 0 heterocycles. The van der Waals surface area contributed by atoms with Crippen molar-refractivity contribution in [2.45, 2.75) is 63.4 Å². The van der Waals surface area contributed by atoms with Gasteiger partial charge in [-0.15, -0.1) is 0 Å². The van der Waals surface area contributed by atoms with Gasteiger partial charge in [-0.3, -0.25) is 0 Å². The molecule has 0 bridgehead atoms. The van der Waals surface area contributed by atoms with Gasteiger partial charge >= 0.3 is 24.2 Å². The molecule has 0 aromatic carbocycles. The van der Waals surface area contributed by atoms with Gasteiger partial charge in [0, 0.05) is 12.0 Å². The fraction of sp³-hybridized carbons (Fsp3) is 0.769. The standard InChI is InChI=1S/C13H16F8O2/c1-8(2)10(22)23-13(20,21)12(18,19)9(14)6-4-3-5-7-11(15,16)17/h9H,1,3-7H2,2H3. The van der Waals surface area contributed by atoms with Crippen molar-refractivity contribution in [2.75, 3.05) is 0 Å². The Bertz CT molecular complexity index is 417. The van der Waals surface area contributed by atoms with Crippen LogP contribution in [-0.2, 0) is 9.53 Å². The summed E-state index contributed by atoms with van der Waals surface area (Å²) >= 11 is 0. The fourth-order valence-electron chi connectivity index (χ4n) is 1.46. The van der Waals surface area contributed by atoms with Crippen molar-refractivity contribution < 1.29 is 44.7 Å². The second-order valence-electron chi connectivity index (χ2n) is 4.99. The van der Waals surface area contributed by atoms with Crippen LogP contribution in [0.3, 0.4) is 0 Å². The van der Waals surface area contributed by atoms with Gasteiger partial charge in [0.05, 0.1) is 0 Å². The summed E-state index contributed by atoms with van der Waals surface area (Å²) in [5.41, 5.74) is -0.581. The Balaban J connectivity index is 4.50. The number of carbonyl (C=O) groups excluding carboxylic acids is 1. The third-order valence-corrected chi connectivity index (χ3v) is 2.77. The average molecular weight is 356 g/mol. The molecule has 0 rings (SSSR count). The molecule has 0 spiro atoms. The van der Waals surface area contributed by atoms with E-state index in [0.29, 0.717) is 0 Å². The number of carbonyl (C=O) groups is 1. The van der Waals surface area contributed by atoms with Crippen molar-refractivity contribution in [3.8, 4) is 0 Å². The van der Waals surface area contributed by atoms with Gasteiger partial charge in [-0.1, -0.05) is 19.4 Å². The lowest BCUT2D eigenvalue weighted by Gasteiger charge is -2.28. The van der Waals surface area contributed by atoms with E-state index in [1.54, 1.807) is 0 Å². The first-order valence-corrected chi connectivity index (χ1v) is 6.56. The van der Waals surface area contributed by atoms with Gasteiger partial charge in [0.25, 0.3) is 0 Å². The minimum absolute atomic E-state index is 0.257.